The van der Waals surface area contributed by atoms with Crippen LogP contribution in [0.4, 0.5) is 5.69 Å². The van der Waals surface area contributed by atoms with Gasteiger partial charge in [0.2, 0.25) is 0 Å². The molecule has 3 N–H and O–H groups in total. The number of aryl methyl sites for hydroxylation is 1. The van der Waals surface area contributed by atoms with Crippen LogP contribution in [0.2, 0.25) is 0 Å². The molecule has 1 aromatic carbocycles. The van der Waals surface area contributed by atoms with Crippen molar-refractivity contribution in [2.75, 3.05) is 31.5 Å². The maximum Gasteiger partial charge on any atom is 0.193 e. The molecule has 0 spiro atoms. The third-order valence-corrected chi connectivity index (χ3v) is 3.40. The molecule has 4 heteroatoms. The molecule has 2 rings (SSSR count). The van der Waals surface area contributed by atoms with Gasteiger partial charge in [0, 0.05) is 12.2 Å². The molecule has 0 radical (unpaired) electrons. The number of likely N-dealkylation sites (tertiary alicyclic amines) is 1. The van der Waals surface area contributed by atoms with Crippen LogP contribution in [0.5, 0.6) is 0 Å². The maximum atomic E-state index is 5.88. The molecule has 0 amide bonds. The van der Waals surface area contributed by atoms with Crippen molar-refractivity contribution >= 4 is 11.6 Å². The van der Waals surface area contributed by atoms with Gasteiger partial charge in [0.25, 0.3) is 0 Å². The zero-order valence-electron chi connectivity index (χ0n) is 11.7. The molecule has 1 aromatic rings. The van der Waals surface area contributed by atoms with Crippen LogP contribution < -0.4 is 11.1 Å². The van der Waals surface area contributed by atoms with Crippen molar-refractivity contribution < 1.29 is 0 Å². The van der Waals surface area contributed by atoms with Crippen LogP contribution in [-0.2, 0) is 0 Å². The first-order chi connectivity index (χ1) is 9.24. The summed E-state index contributed by atoms with van der Waals surface area (Å²) in [7, 11) is 0. The lowest BCUT2D eigenvalue weighted by atomic mass is 10.2. The van der Waals surface area contributed by atoms with Crippen molar-refractivity contribution in [3.8, 4) is 0 Å². The average molecular weight is 260 g/mol. The van der Waals surface area contributed by atoms with Crippen LogP contribution in [0.3, 0.4) is 0 Å². The number of guanidine groups is 1. The fourth-order valence-corrected chi connectivity index (χ4v) is 2.41. The first kappa shape index (κ1) is 13.9. The number of aliphatic imine (C=N–C) groups is 1. The van der Waals surface area contributed by atoms with Crippen LogP contribution in [0.15, 0.2) is 29.3 Å². The van der Waals surface area contributed by atoms with Crippen molar-refractivity contribution in [2.45, 2.75) is 26.2 Å². The molecule has 0 aromatic heterocycles. The van der Waals surface area contributed by atoms with Crippen molar-refractivity contribution in [3.63, 3.8) is 0 Å². The van der Waals surface area contributed by atoms with Crippen LogP contribution in [0, 0.1) is 6.92 Å². The molecule has 4 nitrogen and oxygen atoms in total. The van der Waals surface area contributed by atoms with Gasteiger partial charge in [-0.15, -0.1) is 0 Å². The molecule has 0 saturated carbocycles. The summed E-state index contributed by atoms with van der Waals surface area (Å²) in [4.78, 5) is 6.87. The normalized spacial score (nSPS) is 16.8. The van der Waals surface area contributed by atoms with Crippen molar-refractivity contribution in [2.24, 2.45) is 10.7 Å². The van der Waals surface area contributed by atoms with Gasteiger partial charge in [-0.3, -0.25) is 4.99 Å². The molecule has 1 aliphatic rings. The summed E-state index contributed by atoms with van der Waals surface area (Å²) in [6, 6.07) is 8.14. The average Bonchev–Trinajstić information content (AvgIpc) is 2.88. The highest BCUT2D eigenvalue weighted by Crippen LogP contribution is 2.09. The second-order valence-corrected chi connectivity index (χ2v) is 5.16. The summed E-state index contributed by atoms with van der Waals surface area (Å²) in [6.07, 6.45) is 3.77. The SMILES string of the molecule is Cc1cccc(NC(N)=NCCCN2CCCC2)c1. The quantitative estimate of drug-likeness (QED) is 0.485. The Kier molecular flexibility index (Phi) is 5.21. The van der Waals surface area contributed by atoms with Crippen LogP contribution in [0.25, 0.3) is 0 Å². The van der Waals surface area contributed by atoms with Gasteiger partial charge in [-0.1, -0.05) is 12.1 Å². The van der Waals surface area contributed by atoms with Gasteiger partial charge in [-0.05, 0) is 63.5 Å². The highest BCUT2D eigenvalue weighted by molar-refractivity contribution is 5.92. The first-order valence-electron chi connectivity index (χ1n) is 7.10. The highest BCUT2D eigenvalue weighted by atomic mass is 15.1. The molecule has 1 aliphatic heterocycles. The van der Waals surface area contributed by atoms with Gasteiger partial charge >= 0.3 is 0 Å². The number of nitrogens with zero attached hydrogens (tertiary/aromatic N) is 2. The van der Waals surface area contributed by atoms with Crippen LogP contribution in [-0.4, -0.2) is 37.0 Å². The minimum absolute atomic E-state index is 0.507. The predicted molar refractivity (Wildman–Crippen MR) is 81.6 cm³/mol. The van der Waals surface area contributed by atoms with Gasteiger partial charge in [0.05, 0.1) is 0 Å². The number of nitrogens with one attached hydrogen (secondary N) is 1. The number of hydrogen-bond acceptors (Lipinski definition) is 2. The summed E-state index contributed by atoms with van der Waals surface area (Å²) in [5.41, 5.74) is 8.09. The zero-order valence-corrected chi connectivity index (χ0v) is 11.7. The van der Waals surface area contributed by atoms with Gasteiger partial charge < -0.3 is 16.0 Å². The Morgan fingerprint density at radius 3 is 2.89 bits per heavy atom. The van der Waals surface area contributed by atoms with Gasteiger partial charge in [0.1, 0.15) is 0 Å². The third kappa shape index (κ3) is 4.91. The van der Waals surface area contributed by atoms with Gasteiger partial charge in [-0.2, -0.15) is 0 Å². The lowest BCUT2D eigenvalue weighted by Crippen LogP contribution is -2.24. The van der Waals surface area contributed by atoms with Crippen molar-refractivity contribution in [3.05, 3.63) is 29.8 Å². The summed E-state index contributed by atoms with van der Waals surface area (Å²) in [5, 5.41) is 3.13. The van der Waals surface area contributed by atoms with E-state index in [0.29, 0.717) is 5.96 Å². The number of hydrogen-bond donors (Lipinski definition) is 2. The lowest BCUT2D eigenvalue weighted by Gasteiger charge is -2.13. The molecular formula is C15H24N4. The van der Waals surface area contributed by atoms with E-state index in [2.05, 4.69) is 34.3 Å². The zero-order chi connectivity index (χ0) is 13.5. The topological polar surface area (TPSA) is 53.6 Å². The van der Waals surface area contributed by atoms with E-state index in [1.165, 1.54) is 31.5 Å². The fourth-order valence-electron chi connectivity index (χ4n) is 2.41. The van der Waals surface area contributed by atoms with E-state index in [1.807, 2.05) is 12.1 Å². The molecule has 0 atom stereocenters. The maximum absolute atomic E-state index is 5.88. The largest absolute Gasteiger partial charge is 0.370 e. The summed E-state index contributed by atoms with van der Waals surface area (Å²) in [6.45, 7) is 6.50. The van der Waals surface area contributed by atoms with Crippen LogP contribution in [0.1, 0.15) is 24.8 Å². The molecule has 1 heterocycles. The number of nitrogens with two attached hydrogens (primary N) is 1. The van der Waals surface area contributed by atoms with E-state index in [4.69, 9.17) is 5.73 Å². The Morgan fingerprint density at radius 2 is 2.16 bits per heavy atom. The van der Waals surface area contributed by atoms with Crippen molar-refractivity contribution in [1.29, 1.82) is 0 Å². The Morgan fingerprint density at radius 1 is 1.37 bits per heavy atom. The molecular weight excluding hydrogens is 236 g/mol. The first-order valence-corrected chi connectivity index (χ1v) is 7.10. The van der Waals surface area contributed by atoms with E-state index >= 15 is 0 Å². The second kappa shape index (κ2) is 7.14. The smallest absolute Gasteiger partial charge is 0.193 e. The summed E-state index contributed by atoms with van der Waals surface area (Å²) < 4.78 is 0. The highest BCUT2D eigenvalue weighted by Gasteiger charge is 2.09. The standard InChI is InChI=1S/C15H24N4/c1-13-6-4-7-14(12-13)18-15(16)17-8-5-11-19-9-2-3-10-19/h4,6-7,12H,2-3,5,8-11H2,1H3,(H3,16,17,18). The number of benzene rings is 1. The minimum atomic E-state index is 0.507. The van der Waals surface area contributed by atoms with Gasteiger partial charge in [-0.25, -0.2) is 0 Å². The Bertz CT molecular complexity index is 422. The molecule has 0 unspecified atom stereocenters. The molecule has 1 saturated heterocycles. The molecule has 104 valence electrons. The van der Waals surface area contributed by atoms with Crippen LogP contribution >= 0.6 is 0 Å². The molecule has 0 bridgehead atoms. The van der Waals surface area contributed by atoms with Gasteiger partial charge in [0.15, 0.2) is 5.96 Å². The molecule has 19 heavy (non-hydrogen) atoms. The fraction of sp³-hybridized carbons (Fsp3) is 0.533. The third-order valence-electron chi connectivity index (χ3n) is 3.40. The Hall–Kier alpha value is -1.55. The predicted octanol–water partition coefficient (Wildman–Crippen LogP) is 2.21. The summed E-state index contributed by atoms with van der Waals surface area (Å²) >= 11 is 0. The summed E-state index contributed by atoms with van der Waals surface area (Å²) in [5.74, 6) is 0.507. The number of anilines is 1. The van der Waals surface area contributed by atoms with E-state index in [-0.39, 0.29) is 0 Å². The van der Waals surface area contributed by atoms with E-state index in [9.17, 15) is 0 Å². The van der Waals surface area contributed by atoms with E-state index in [0.717, 1.165) is 25.2 Å². The molecule has 0 aliphatic carbocycles. The van der Waals surface area contributed by atoms with Crippen molar-refractivity contribution in [1.82, 2.24) is 4.90 Å². The lowest BCUT2D eigenvalue weighted by molar-refractivity contribution is 0.336. The second-order valence-electron chi connectivity index (χ2n) is 5.16. The van der Waals surface area contributed by atoms with E-state index < -0.39 is 0 Å². The number of rotatable bonds is 5. The Labute approximate surface area is 115 Å². The van der Waals surface area contributed by atoms with E-state index in [1.54, 1.807) is 0 Å². The monoisotopic (exact) mass is 260 g/mol. The minimum Gasteiger partial charge on any atom is -0.370 e. The Balaban J connectivity index is 1.70. The molecule has 1 fully saturated rings.